The van der Waals surface area contributed by atoms with Crippen molar-refractivity contribution in [1.29, 1.82) is 0 Å². The van der Waals surface area contributed by atoms with Gasteiger partial charge in [-0.2, -0.15) is 26.3 Å². The topological polar surface area (TPSA) is 60.4 Å². The Balaban J connectivity index is 3.79. The summed E-state index contributed by atoms with van der Waals surface area (Å²) < 4.78 is 75.6. The van der Waals surface area contributed by atoms with Gasteiger partial charge < -0.3 is 5.73 Å². The third-order valence-corrected chi connectivity index (χ3v) is 2.15. The summed E-state index contributed by atoms with van der Waals surface area (Å²) >= 11 is 0. The molecule has 0 atom stereocenters. The number of pyridine rings is 1. The molecule has 0 aromatic carbocycles. The summed E-state index contributed by atoms with van der Waals surface area (Å²) in [7, 11) is 1.02. The van der Waals surface area contributed by atoms with E-state index in [0.717, 1.165) is 7.05 Å². The van der Waals surface area contributed by atoms with Crippen molar-refractivity contribution in [2.75, 3.05) is 7.05 Å². The van der Waals surface area contributed by atoms with E-state index < -0.39 is 35.0 Å². The van der Waals surface area contributed by atoms with Crippen LogP contribution >= 0.6 is 0 Å². The predicted octanol–water partition coefficient (Wildman–Crippen LogP) is 1.98. The Labute approximate surface area is 102 Å². The zero-order valence-electron chi connectivity index (χ0n) is 9.30. The zero-order chi connectivity index (χ0) is 15.0. The summed E-state index contributed by atoms with van der Waals surface area (Å²) in [4.78, 5) is 14.2. The van der Waals surface area contributed by atoms with E-state index in [1.165, 1.54) is 0 Å². The molecule has 0 saturated heterocycles. The predicted molar refractivity (Wildman–Crippen MR) is 50.9 cm³/mol. The average molecular weight is 287 g/mol. The van der Waals surface area contributed by atoms with Crippen molar-refractivity contribution in [3.05, 3.63) is 28.9 Å². The minimum atomic E-state index is -5.28. The van der Waals surface area contributed by atoms with Crippen LogP contribution in [0.1, 0.15) is 11.1 Å². The highest BCUT2D eigenvalue weighted by Gasteiger charge is 2.43. The van der Waals surface area contributed by atoms with Gasteiger partial charge in [0.05, 0.1) is 11.1 Å². The monoisotopic (exact) mass is 287 g/mol. The number of nitrogens with zero attached hydrogens (tertiary/aromatic N) is 2. The van der Waals surface area contributed by atoms with Gasteiger partial charge in [-0.05, 0) is 6.07 Å². The number of hydrogen-bond acceptors (Lipinski definition) is 2. The molecule has 0 saturated carbocycles. The van der Waals surface area contributed by atoms with Crippen molar-refractivity contribution in [1.82, 2.24) is 4.57 Å². The maximum absolute atomic E-state index is 12.6. The number of hydrogen-bond donors (Lipinski definition) is 1. The minimum Gasteiger partial charge on any atom is -0.351 e. The normalized spacial score (nSPS) is 13.7. The van der Waals surface area contributed by atoms with E-state index in [-0.39, 0.29) is 16.8 Å². The molecule has 0 aliphatic carbocycles. The molecule has 0 radical (unpaired) electrons. The Hall–Kier alpha value is -2.00. The van der Waals surface area contributed by atoms with E-state index in [9.17, 15) is 31.1 Å². The number of halogens is 6. The Bertz CT molecular complexity index is 569. The molecule has 0 aliphatic heterocycles. The van der Waals surface area contributed by atoms with Gasteiger partial charge in [0.15, 0.2) is 0 Å². The van der Waals surface area contributed by atoms with Crippen LogP contribution < -0.4 is 11.2 Å². The SMILES string of the molecule is CN=c1cc(C(F)(F)F)c(C(F)(F)F)cn1C(N)=O. The third-order valence-electron chi connectivity index (χ3n) is 2.15. The lowest BCUT2D eigenvalue weighted by Crippen LogP contribution is -2.35. The van der Waals surface area contributed by atoms with E-state index in [1.807, 2.05) is 0 Å². The second-order valence-electron chi connectivity index (χ2n) is 3.39. The molecule has 106 valence electrons. The van der Waals surface area contributed by atoms with Crippen molar-refractivity contribution in [3.8, 4) is 0 Å². The van der Waals surface area contributed by atoms with Gasteiger partial charge in [-0.1, -0.05) is 0 Å². The number of carbonyl (C=O) groups is 1. The quantitative estimate of drug-likeness (QED) is 0.729. The Kier molecular flexibility index (Phi) is 3.64. The Morgan fingerprint density at radius 3 is 1.95 bits per heavy atom. The summed E-state index contributed by atoms with van der Waals surface area (Å²) in [5.74, 6) is 0. The molecule has 0 bridgehead atoms. The van der Waals surface area contributed by atoms with Gasteiger partial charge in [-0.25, -0.2) is 4.79 Å². The van der Waals surface area contributed by atoms with E-state index in [2.05, 4.69) is 4.99 Å². The van der Waals surface area contributed by atoms with Crippen LogP contribution in [0, 0.1) is 0 Å². The van der Waals surface area contributed by atoms with Crippen LogP contribution in [0.25, 0.3) is 0 Å². The standard InChI is InChI=1S/C9H7F6N3O/c1-17-6-2-4(8(10,11)12)5(9(13,14)15)3-18(6)7(16)19/h2-3H,1H3,(H2,16,19). The summed E-state index contributed by atoms with van der Waals surface area (Å²) in [5, 5.41) is 0. The van der Waals surface area contributed by atoms with Crippen molar-refractivity contribution in [2.24, 2.45) is 10.7 Å². The molecule has 1 aromatic rings. The van der Waals surface area contributed by atoms with E-state index in [1.54, 1.807) is 0 Å². The molecule has 1 rings (SSSR count). The molecule has 2 N–H and O–H groups in total. The number of carbonyl (C=O) groups excluding carboxylic acids is 1. The first kappa shape index (κ1) is 15.1. The molecule has 19 heavy (non-hydrogen) atoms. The molecule has 4 nitrogen and oxygen atoms in total. The number of nitrogens with two attached hydrogens (primary N) is 1. The summed E-state index contributed by atoms with van der Waals surface area (Å²) in [5.41, 5.74) is 0.205. The first-order chi connectivity index (χ1) is 8.48. The largest absolute Gasteiger partial charge is 0.418 e. The average Bonchev–Trinajstić information content (AvgIpc) is 2.24. The van der Waals surface area contributed by atoms with E-state index in [0.29, 0.717) is 0 Å². The molecule has 1 amide bonds. The molecule has 10 heteroatoms. The molecule has 0 spiro atoms. The summed E-state index contributed by atoms with van der Waals surface area (Å²) in [6.45, 7) is 0. The van der Waals surface area contributed by atoms with Crippen LogP contribution in [-0.2, 0) is 12.4 Å². The Morgan fingerprint density at radius 2 is 1.63 bits per heavy atom. The van der Waals surface area contributed by atoms with Crippen LogP contribution in [0.2, 0.25) is 0 Å². The highest BCUT2D eigenvalue weighted by Crippen LogP contribution is 2.39. The van der Waals surface area contributed by atoms with Crippen molar-refractivity contribution in [3.63, 3.8) is 0 Å². The van der Waals surface area contributed by atoms with Gasteiger partial charge in [0.25, 0.3) is 0 Å². The first-order valence-corrected chi connectivity index (χ1v) is 4.62. The van der Waals surface area contributed by atoms with Crippen LogP contribution in [0.3, 0.4) is 0 Å². The van der Waals surface area contributed by atoms with Crippen LogP contribution in [-0.4, -0.2) is 17.6 Å². The van der Waals surface area contributed by atoms with E-state index in [4.69, 9.17) is 5.73 Å². The van der Waals surface area contributed by atoms with Crippen molar-refractivity contribution in [2.45, 2.75) is 12.4 Å². The van der Waals surface area contributed by atoms with E-state index >= 15 is 0 Å². The fourth-order valence-corrected chi connectivity index (χ4v) is 1.35. The van der Waals surface area contributed by atoms with Crippen LogP contribution in [0.5, 0.6) is 0 Å². The van der Waals surface area contributed by atoms with Crippen molar-refractivity contribution >= 4 is 6.03 Å². The van der Waals surface area contributed by atoms with Gasteiger partial charge in [-0.15, -0.1) is 0 Å². The van der Waals surface area contributed by atoms with Crippen LogP contribution in [0.15, 0.2) is 17.3 Å². The molecular weight excluding hydrogens is 280 g/mol. The second-order valence-corrected chi connectivity index (χ2v) is 3.39. The lowest BCUT2D eigenvalue weighted by atomic mass is 10.1. The lowest BCUT2D eigenvalue weighted by Gasteiger charge is -2.17. The molecular formula is C9H7F6N3O. The maximum Gasteiger partial charge on any atom is 0.418 e. The maximum atomic E-state index is 12.6. The smallest absolute Gasteiger partial charge is 0.351 e. The second kappa shape index (κ2) is 4.59. The number of primary amides is 1. The van der Waals surface area contributed by atoms with Crippen LogP contribution in [0.4, 0.5) is 31.1 Å². The Morgan fingerprint density at radius 1 is 1.16 bits per heavy atom. The molecule has 0 fully saturated rings. The summed E-state index contributed by atoms with van der Waals surface area (Å²) in [6, 6.07) is -1.26. The molecule has 0 unspecified atom stereocenters. The lowest BCUT2D eigenvalue weighted by molar-refractivity contribution is -0.162. The number of aromatic nitrogens is 1. The highest BCUT2D eigenvalue weighted by molar-refractivity contribution is 5.74. The number of alkyl halides is 6. The number of rotatable bonds is 0. The highest BCUT2D eigenvalue weighted by atomic mass is 19.4. The fourth-order valence-electron chi connectivity index (χ4n) is 1.35. The molecule has 1 heterocycles. The summed E-state index contributed by atoms with van der Waals surface area (Å²) in [6.07, 6.45) is -10.5. The minimum absolute atomic E-state index is 0.0203. The fraction of sp³-hybridized carbons (Fsp3) is 0.333. The van der Waals surface area contributed by atoms with Gasteiger partial charge in [-0.3, -0.25) is 9.56 Å². The van der Waals surface area contributed by atoms with Gasteiger partial charge >= 0.3 is 18.4 Å². The molecule has 1 aromatic heterocycles. The van der Waals surface area contributed by atoms with Gasteiger partial charge in [0.2, 0.25) is 0 Å². The third kappa shape index (κ3) is 3.06. The van der Waals surface area contributed by atoms with Gasteiger partial charge in [0, 0.05) is 13.2 Å². The first-order valence-electron chi connectivity index (χ1n) is 4.62. The van der Waals surface area contributed by atoms with Crippen molar-refractivity contribution < 1.29 is 31.1 Å². The number of amides is 1. The molecule has 0 aliphatic rings. The zero-order valence-corrected chi connectivity index (χ0v) is 9.30. The van der Waals surface area contributed by atoms with Gasteiger partial charge in [0.1, 0.15) is 5.49 Å².